The van der Waals surface area contributed by atoms with Crippen molar-refractivity contribution >= 4 is 11.9 Å². The molecule has 0 fully saturated rings. The summed E-state index contributed by atoms with van der Waals surface area (Å²) in [6, 6.07) is 3.36. The maximum absolute atomic E-state index is 11.6. The number of carbonyl (C=O) groups is 2. The lowest BCUT2D eigenvalue weighted by Gasteiger charge is -2.06. The standard InChI is InChI=1S/C12H13N5O3/c1-2-14-9(18)7-17-11(8-4-3-5-13-6-8)10(12(19)20)15-16-17/h3-6H,2,7H2,1H3,(H,14,18)(H,19,20). The average Bonchev–Trinajstić information content (AvgIpc) is 2.83. The van der Waals surface area contributed by atoms with E-state index < -0.39 is 5.97 Å². The summed E-state index contributed by atoms with van der Waals surface area (Å²) in [5, 5.41) is 19.1. The molecule has 0 radical (unpaired) electrons. The quantitative estimate of drug-likeness (QED) is 0.805. The van der Waals surface area contributed by atoms with Crippen molar-refractivity contribution < 1.29 is 14.7 Å². The second-order valence-electron chi connectivity index (χ2n) is 3.94. The third-order valence-electron chi connectivity index (χ3n) is 2.54. The van der Waals surface area contributed by atoms with Crippen molar-refractivity contribution in [3.8, 4) is 11.3 Å². The van der Waals surface area contributed by atoms with E-state index in [1.165, 1.54) is 10.9 Å². The molecule has 0 saturated heterocycles. The van der Waals surface area contributed by atoms with E-state index in [4.69, 9.17) is 5.11 Å². The smallest absolute Gasteiger partial charge is 0.358 e. The van der Waals surface area contributed by atoms with Gasteiger partial charge in [-0.3, -0.25) is 9.78 Å². The van der Waals surface area contributed by atoms with Crippen LogP contribution >= 0.6 is 0 Å². The van der Waals surface area contributed by atoms with Crippen LogP contribution in [0.5, 0.6) is 0 Å². The maximum Gasteiger partial charge on any atom is 0.358 e. The van der Waals surface area contributed by atoms with Crippen LogP contribution < -0.4 is 5.32 Å². The first-order valence-electron chi connectivity index (χ1n) is 5.97. The second kappa shape index (κ2) is 5.91. The molecule has 0 saturated carbocycles. The molecular weight excluding hydrogens is 262 g/mol. The first-order chi connectivity index (χ1) is 9.63. The van der Waals surface area contributed by atoms with Crippen molar-refractivity contribution in [2.45, 2.75) is 13.5 Å². The Labute approximate surface area is 114 Å². The predicted octanol–water partition coefficient (Wildman–Crippen LogP) is 0.174. The minimum absolute atomic E-state index is 0.0989. The molecule has 0 atom stereocenters. The van der Waals surface area contributed by atoms with Crippen molar-refractivity contribution in [2.24, 2.45) is 0 Å². The zero-order valence-electron chi connectivity index (χ0n) is 10.8. The third kappa shape index (κ3) is 2.79. The normalized spacial score (nSPS) is 10.2. The van der Waals surface area contributed by atoms with Crippen LogP contribution in [0.1, 0.15) is 17.4 Å². The predicted molar refractivity (Wildman–Crippen MR) is 68.9 cm³/mol. The van der Waals surface area contributed by atoms with Crippen molar-refractivity contribution in [3.05, 3.63) is 30.2 Å². The number of nitrogens with one attached hydrogen (secondary N) is 1. The number of likely N-dealkylation sites (N-methyl/N-ethyl adjacent to an activating group) is 1. The van der Waals surface area contributed by atoms with Gasteiger partial charge in [-0.25, -0.2) is 9.48 Å². The van der Waals surface area contributed by atoms with Crippen molar-refractivity contribution in [3.63, 3.8) is 0 Å². The van der Waals surface area contributed by atoms with Gasteiger partial charge in [0.1, 0.15) is 12.2 Å². The number of hydrogen-bond acceptors (Lipinski definition) is 5. The van der Waals surface area contributed by atoms with E-state index in [2.05, 4.69) is 20.6 Å². The molecule has 0 aliphatic heterocycles. The molecule has 2 rings (SSSR count). The zero-order chi connectivity index (χ0) is 14.5. The molecule has 0 bridgehead atoms. The fourth-order valence-electron chi connectivity index (χ4n) is 1.75. The Bertz CT molecular complexity index is 623. The molecule has 1 amide bonds. The van der Waals surface area contributed by atoms with Crippen LogP contribution in [0.3, 0.4) is 0 Å². The lowest BCUT2D eigenvalue weighted by Crippen LogP contribution is -2.28. The molecule has 0 aromatic carbocycles. The van der Waals surface area contributed by atoms with E-state index in [-0.39, 0.29) is 23.8 Å². The second-order valence-corrected chi connectivity index (χ2v) is 3.94. The summed E-state index contributed by atoms with van der Waals surface area (Å²) in [5.41, 5.74) is 0.596. The van der Waals surface area contributed by atoms with Gasteiger partial charge in [-0.15, -0.1) is 5.10 Å². The van der Waals surface area contributed by atoms with Gasteiger partial charge < -0.3 is 10.4 Å². The molecule has 20 heavy (non-hydrogen) atoms. The van der Waals surface area contributed by atoms with E-state index in [1.54, 1.807) is 25.3 Å². The molecule has 0 unspecified atom stereocenters. The van der Waals surface area contributed by atoms with E-state index in [1.807, 2.05) is 0 Å². The maximum atomic E-state index is 11.6. The van der Waals surface area contributed by atoms with Crippen LogP contribution in [-0.2, 0) is 11.3 Å². The minimum atomic E-state index is -1.20. The first-order valence-corrected chi connectivity index (χ1v) is 5.97. The molecule has 0 aliphatic carbocycles. The number of aromatic carboxylic acids is 1. The summed E-state index contributed by atoms with van der Waals surface area (Å²) in [6.07, 6.45) is 3.07. The van der Waals surface area contributed by atoms with Gasteiger partial charge in [-0.05, 0) is 19.1 Å². The van der Waals surface area contributed by atoms with Gasteiger partial charge in [0.15, 0.2) is 5.69 Å². The summed E-state index contributed by atoms with van der Waals surface area (Å²) >= 11 is 0. The number of carboxylic acid groups (broad SMARTS) is 1. The first kappa shape index (κ1) is 13.7. The summed E-state index contributed by atoms with van der Waals surface area (Å²) < 4.78 is 1.26. The SMILES string of the molecule is CCNC(=O)Cn1nnc(C(=O)O)c1-c1cccnc1. The Balaban J connectivity index is 2.43. The number of aromatic nitrogens is 4. The van der Waals surface area contributed by atoms with Gasteiger partial charge in [0, 0.05) is 24.5 Å². The molecule has 8 nitrogen and oxygen atoms in total. The summed E-state index contributed by atoms with van der Waals surface area (Å²) in [7, 11) is 0. The highest BCUT2D eigenvalue weighted by Gasteiger charge is 2.21. The van der Waals surface area contributed by atoms with E-state index >= 15 is 0 Å². The number of hydrogen-bond donors (Lipinski definition) is 2. The monoisotopic (exact) mass is 275 g/mol. The Morgan fingerprint density at radius 1 is 1.45 bits per heavy atom. The van der Waals surface area contributed by atoms with Crippen LogP contribution in [-0.4, -0.2) is 43.5 Å². The van der Waals surface area contributed by atoms with Crippen LogP contribution in [0.4, 0.5) is 0 Å². The van der Waals surface area contributed by atoms with Crippen LogP contribution in [0, 0.1) is 0 Å². The molecular formula is C12H13N5O3. The topological polar surface area (TPSA) is 110 Å². The Morgan fingerprint density at radius 2 is 2.25 bits per heavy atom. The van der Waals surface area contributed by atoms with Gasteiger partial charge in [0.2, 0.25) is 5.91 Å². The molecule has 2 aromatic heterocycles. The molecule has 0 spiro atoms. The number of amides is 1. The van der Waals surface area contributed by atoms with Gasteiger partial charge in [0.25, 0.3) is 0 Å². The largest absolute Gasteiger partial charge is 0.476 e. The van der Waals surface area contributed by atoms with Crippen LogP contribution in [0.2, 0.25) is 0 Å². The lowest BCUT2D eigenvalue weighted by molar-refractivity contribution is -0.121. The van der Waals surface area contributed by atoms with Gasteiger partial charge in [-0.1, -0.05) is 5.21 Å². The van der Waals surface area contributed by atoms with E-state index in [9.17, 15) is 9.59 Å². The van der Waals surface area contributed by atoms with Crippen molar-refractivity contribution in [1.82, 2.24) is 25.3 Å². The minimum Gasteiger partial charge on any atom is -0.476 e. The van der Waals surface area contributed by atoms with E-state index in [0.29, 0.717) is 12.1 Å². The molecule has 104 valence electrons. The third-order valence-corrected chi connectivity index (χ3v) is 2.54. The Morgan fingerprint density at radius 3 is 2.85 bits per heavy atom. The highest BCUT2D eigenvalue weighted by atomic mass is 16.4. The number of pyridine rings is 1. The zero-order valence-corrected chi connectivity index (χ0v) is 10.8. The molecule has 2 aromatic rings. The number of carbonyl (C=O) groups excluding carboxylic acids is 1. The van der Waals surface area contributed by atoms with E-state index in [0.717, 1.165) is 0 Å². The molecule has 0 aliphatic rings. The lowest BCUT2D eigenvalue weighted by atomic mass is 10.1. The number of rotatable bonds is 5. The Kier molecular flexibility index (Phi) is 4.04. The summed E-state index contributed by atoms with van der Waals surface area (Å²) in [6.45, 7) is 2.18. The highest BCUT2D eigenvalue weighted by Crippen LogP contribution is 2.21. The van der Waals surface area contributed by atoms with Crippen LogP contribution in [0.25, 0.3) is 11.3 Å². The fraction of sp³-hybridized carbons (Fsp3) is 0.250. The van der Waals surface area contributed by atoms with Gasteiger partial charge >= 0.3 is 5.97 Å². The highest BCUT2D eigenvalue weighted by molar-refractivity contribution is 5.92. The van der Waals surface area contributed by atoms with Crippen LogP contribution in [0.15, 0.2) is 24.5 Å². The average molecular weight is 275 g/mol. The summed E-state index contributed by atoms with van der Waals surface area (Å²) in [5.74, 6) is -1.47. The number of nitrogens with zero attached hydrogens (tertiary/aromatic N) is 4. The van der Waals surface area contributed by atoms with Crippen molar-refractivity contribution in [2.75, 3.05) is 6.54 Å². The number of carboxylic acids is 1. The molecule has 2 N–H and O–H groups in total. The fourth-order valence-corrected chi connectivity index (χ4v) is 1.75. The summed E-state index contributed by atoms with van der Waals surface area (Å²) in [4.78, 5) is 26.7. The molecule has 2 heterocycles. The Hall–Kier alpha value is -2.77. The van der Waals surface area contributed by atoms with Crippen molar-refractivity contribution in [1.29, 1.82) is 0 Å². The van der Waals surface area contributed by atoms with Gasteiger partial charge in [-0.2, -0.15) is 0 Å². The molecule has 8 heteroatoms. The van der Waals surface area contributed by atoms with Gasteiger partial charge in [0.05, 0.1) is 0 Å².